The lowest BCUT2D eigenvalue weighted by molar-refractivity contribution is 0.0130. The molecule has 0 spiro atoms. The molecule has 0 radical (unpaired) electrons. The lowest BCUT2D eigenvalue weighted by Crippen LogP contribution is -2.45. The number of hydrogen-bond donors (Lipinski definition) is 2. The first kappa shape index (κ1) is 27.3. The molecular formula is C24H34BrN5O4S. The molecule has 0 aliphatic carbocycles. The van der Waals surface area contributed by atoms with Crippen molar-refractivity contribution in [1.29, 1.82) is 0 Å². The average Bonchev–Trinajstić information content (AvgIpc) is 3.04. The second kappa shape index (κ2) is 10.4. The molecule has 2 aromatic rings. The van der Waals surface area contributed by atoms with Crippen LogP contribution in [-0.4, -0.2) is 47.1 Å². The highest BCUT2D eigenvalue weighted by atomic mass is 79.9. The van der Waals surface area contributed by atoms with E-state index < -0.39 is 15.6 Å². The zero-order valence-corrected chi connectivity index (χ0v) is 23.2. The van der Waals surface area contributed by atoms with Gasteiger partial charge in [-0.05, 0) is 84.1 Å². The maximum absolute atomic E-state index is 12.8. The predicted molar refractivity (Wildman–Crippen MR) is 138 cm³/mol. The van der Waals surface area contributed by atoms with Gasteiger partial charge >= 0.3 is 6.09 Å². The molecule has 9 nitrogen and oxygen atoms in total. The van der Waals surface area contributed by atoms with Crippen LogP contribution in [0, 0.1) is 5.92 Å². The minimum Gasteiger partial charge on any atom is -0.444 e. The van der Waals surface area contributed by atoms with E-state index in [-0.39, 0.29) is 28.6 Å². The molecule has 3 N–H and O–H groups in total. The van der Waals surface area contributed by atoms with Crippen LogP contribution in [0.4, 0.5) is 10.6 Å². The van der Waals surface area contributed by atoms with Gasteiger partial charge in [-0.2, -0.15) is 0 Å². The second-order valence-electron chi connectivity index (χ2n) is 10.6. The Hall–Kier alpha value is -2.24. The summed E-state index contributed by atoms with van der Waals surface area (Å²) in [5.74, 6) is 0.670. The monoisotopic (exact) mass is 567 g/mol. The van der Waals surface area contributed by atoms with Crippen LogP contribution >= 0.6 is 15.9 Å². The third-order valence-corrected chi connectivity index (χ3v) is 7.18. The van der Waals surface area contributed by atoms with Crippen molar-refractivity contribution >= 4 is 37.9 Å². The van der Waals surface area contributed by atoms with E-state index >= 15 is 0 Å². The number of ether oxygens (including phenoxy) is 1. The molecule has 1 aliphatic rings. The van der Waals surface area contributed by atoms with E-state index in [0.29, 0.717) is 18.8 Å². The molecule has 2 atom stereocenters. The Bertz CT molecular complexity index is 1170. The molecule has 2 aromatic heterocycles. The lowest BCUT2D eigenvalue weighted by atomic mass is 9.91. The highest BCUT2D eigenvalue weighted by Crippen LogP contribution is 2.37. The highest BCUT2D eigenvalue weighted by molar-refractivity contribution is 9.10. The van der Waals surface area contributed by atoms with Gasteiger partial charge in [0.05, 0.1) is 11.7 Å². The number of amides is 1. The molecule has 3 rings (SSSR count). The predicted octanol–water partition coefficient (Wildman–Crippen LogP) is 4.86. The van der Waals surface area contributed by atoms with Crippen LogP contribution in [-0.2, 0) is 14.8 Å². The summed E-state index contributed by atoms with van der Waals surface area (Å²) in [7, 11) is -3.92. The van der Waals surface area contributed by atoms with Gasteiger partial charge in [-0.1, -0.05) is 22.0 Å². The van der Waals surface area contributed by atoms with Gasteiger partial charge in [-0.15, -0.1) is 0 Å². The molecule has 1 unspecified atom stereocenters. The topological polar surface area (TPSA) is 128 Å². The lowest BCUT2D eigenvalue weighted by Gasteiger charge is -2.33. The number of aromatic nitrogens is 2. The first-order chi connectivity index (χ1) is 16.1. The first-order valence-corrected chi connectivity index (χ1v) is 13.9. The van der Waals surface area contributed by atoms with Crippen molar-refractivity contribution in [3.8, 4) is 0 Å². The van der Waals surface area contributed by atoms with Crippen molar-refractivity contribution in [1.82, 2.24) is 14.9 Å². The molecule has 0 bridgehead atoms. The zero-order valence-electron chi connectivity index (χ0n) is 20.8. The third-order valence-electron chi connectivity index (χ3n) is 5.87. The van der Waals surface area contributed by atoms with Gasteiger partial charge in [0.15, 0.2) is 5.03 Å². The summed E-state index contributed by atoms with van der Waals surface area (Å²) in [5.41, 5.74) is -0.0658. The summed E-state index contributed by atoms with van der Waals surface area (Å²) in [5, 5.41) is 8.38. The van der Waals surface area contributed by atoms with Crippen molar-refractivity contribution in [2.75, 3.05) is 11.9 Å². The Balaban J connectivity index is 1.76. The van der Waals surface area contributed by atoms with E-state index in [0.717, 1.165) is 23.0 Å². The fraction of sp³-hybridized carbons (Fsp3) is 0.542. The minimum absolute atomic E-state index is 0.200. The van der Waals surface area contributed by atoms with Crippen molar-refractivity contribution < 1.29 is 17.9 Å². The van der Waals surface area contributed by atoms with Crippen molar-refractivity contribution in [3.63, 3.8) is 0 Å². The molecule has 1 aliphatic heterocycles. The quantitative estimate of drug-likeness (QED) is 0.489. The number of sulfonamides is 1. The number of carbonyl (C=O) groups excluding carboxylic acids is 1. The maximum atomic E-state index is 12.8. The summed E-state index contributed by atoms with van der Waals surface area (Å²) in [6.45, 7) is 10.3. The number of rotatable bonds is 7. The van der Waals surface area contributed by atoms with E-state index in [1.165, 1.54) is 6.07 Å². The van der Waals surface area contributed by atoms with Crippen LogP contribution < -0.4 is 10.5 Å². The van der Waals surface area contributed by atoms with Gasteiger partial charge in [0.25, 0.3) is 10.0 Å². The number of nitrogens with zero attached hydrogens (tertiary/aromatic N) is 3. The fourth-order valence-electron chi connectivity index (χ4n) is 4.36. The Morgan fingerprint density at radius 3 is 2.69 bits per heavy atom. The molecule has 192 valence electrons. The number of halogens is 1. The summed E-state index contributed by atoms with van der Waals surface area (Å²) in [6, 6.07) is 8.19. The van der Waals surface area contributed by atoms with Gasteiger partial charge in [0.2, 0.25) is 0 Å². The number of pyridine rings is 2. The molecule has 1 fully saturated rings. The largest absolute Gasteiger partial charge is 0.444 e. The van der Waals surface area contributed by atoms with Crippen LogP contribution in [0.2, 0.25) is 0 Å². The number of primary sulfonamides is 1. The van der Waals surface area contributed by atoms with Gasteiger partial charge < -0.3 is 15.0 Å². The number of nitrogens with two attached hydrogens (primary N) is 1. The van der Waals surface area contributed by atoms with Crippen LogP contribution in [0.5, 0.6) is 0 Å². The molecule has 35 heavy (non-hydrogen) atoms. The average molecular weight is 569 g/mol. The Kier molecular flexibility index (Phi) is 8.12. The molecule has 0 aromatic carbocycles. The minimum atomic E-state index is -3.92. The Labute approximate surface area is 216 Å². The van der Waals surface area contributed by atoms with Gasteiger partial charge in [-0.25, -0.2) is 23.3 Å². The molecule has 3 heterocycles. The fourth-order valence-corrected chi connectivity index (χ4v) is 5.21. The van der Waals surface area contributed by atoms with E-state index in [4.69, 9.17) is 9.88 Å². The zero-order chi connectivity index (χ0) is 26.0. The van der Waals surface area contributed by atoms with Crippen molar-refractivity contribution in [2.45, 2.75) is 76.1 Å². The normalized spacial score (nSPS) is 18.8. The van der Waals surface area contributed by atoms with Crippen LogP contribution in [0.15, 0.2) is 46.0 Å². The number of nitrogens with one attached hydrogen (secondary N) is 1. The van der Waals surface area contributed by atoms with Crippen molar-refractivity contribution in [2.24, 2.45) is 11.1 Å². The van der Waals surface area contributed by atoms with Gasteiger partial charge in [0.1, 0.15) is 11.4 Å². The Morgan fingerprint density at radius 1 is 1.34 bits per heavy atom. The maximum Gasteiger partial charge on any atom is 0.410 e. The molecule has 1 saturated heterocycles. The van der Waals surface area contributed by atoms with E-state index in [2.05, 4.69) is 45.1 Å². The SMILES string of the molecule is CC(C)(C)OC(=O)N1C[C@@H](CCC(Nc2cccc(S(N)(=O)=O)n2)c2cc(Br)ccn2)CC1(C)C. The second-order valence-corrected chi connectivity index (χ2v) is 13.0. The molecule has 11 heteroatoms. The smallest absolute Gasteiger partial charge is 0.410 e. The van der Waals surface area contributed by atoms with E-state index in [1.54, 1.807) is 18.3 Å². The molecule has 0 saturated carbocycles. The standard InChI is InChI=1S/C24H34BrN5O4S/c1-23(2,3)34-22(31)30-15-16(14-24(30,4)5)9-10-18(19-13-17(25)11-12-27-19)28-20-7-6-8-21(29-20)35(26,32)33/h6-8,11-13,16,18H,9-10,14-15H2,1-5H3,(H,28,29)(H2,26,32,33)/t16-,18?/m0/s1. The van der Waals surface area contributed by atoms with E-state index in [9.17, 15) is 13.2 Å². The summed E-state index contributed by atoms with van der Waals surface area (Å²) < 4.78 is 30.0. The number of anilines is 1. The third kappa shape index (κ3) is 7.62. The summed E-state index contributed by atoms with van der Waals surface area (Å²) in [4.78, 5) is 23.3. The van der Waals surface area contributed by atoms with Crippen LogP contribution in [0.1, 0.15) is 65.6 Å². The highest BCUT2D eigenvalue weighted by Gasteiger charge is 2.42. The van der Waals surface area contributed by atoms with Gasteiger partial charge in [0, 0.05) is 22.8 Å². The van der Waals surface area contributed by atoms with Gasteiger partial charge in [-0.3, -0.25) is 4.98 Å². The first-order valence-electron chi connectivity index (χ1n) is 11.5. The van der Waals surface area contributed by atoms with E-state index in [1.807, 2.05) is 37.8 Å². The number of carbonyl (C=O) groups is 1. The summed E-state index contributed by atoms with van der Waals surface area (Å²) in [6.07, 6.45) is 3.80. The number of likely N-dealkylation sites (tertiary alicyclic amines) is 1. The van der Waals surface area contributed by atoms with Crippen molar-refractivity contribution in [3.05, 3.63) is 46.7 Å². The molecular weight excluding hydrogens is 534 g/mol. The number of hydrogen-bond acceptors (Lipinski definition) is 7. The molecule has 1 amide bonds. The van der Waals surface area contributed by atoms with Crippen LogP contribution in [0.3, 0.4) is 0 Å². The van der Waals surface area contributed by atoms with Crippen LogP contribution in [0.25, 0.3) is 0 Å². The Morgan fingerprint density at radius 2 is 2.06 bits per heavy atom. The summed E-state index contributed by atoms with van der Waals surface area (Å²) >= 11 is 3.50.